The number of hydrogen-bond acceptors (Lipinski definition) is 2. The Labute approximate surface area is 97.6 Å². The van der Waals surface area contributed by atoms with E-state index in [1.54, 1.807) is 9.80 Å². The van der Waals surface area contributed by atoms with Crippen molar-refractivity contribution in [2.45, 2.75) is 38.1 Å². The van der Waals surface area contributed by atoms with Crippen LogP contribution in [0.15, 0.2) is 0 Å². The van der Waals surface area contributed by atoms with Crippen molar-refractivity contribution in [2.24, 2.45) is 5.92 Å². The number of nitrogens with zero attached hydrogens (tertiary/aromatic N) is 2. The minimum Gasteiger partial charge on any atom is -0.349 e. The van der Waals surface area contributed by atoms with Gasteiger partial charge < -0.3 is 9.80 Å². The SMILES string of the molecule is CN(C)C(=O)C1CCCC(N(C)C=O)CC1. The summed E-state index contributed by atoms with van der Waals surface area (Å²) in [4.78, 5) is 25.9. The Morgan fingerprint density at radius 3 is 2.38 bits per heavy atom. The molecule has 0 bridgehead atoms. The molecule has 4 nitrogen and oxygen atoms in total. The highest BCUT2D eigenvalue weighted by Gasteiger charge is 2.26. The molecule has 0 saturated heterocycles. The van der Waals surface area contributed by atoms with E-state index in [0.29, 0.717) is 6.04 Å². The Morgan fingerprint density at radius 1 is 1.12 bits per heavy atom. The van der Waals surface area contributed by atoms with Gasteiger partial charge in [-0.1, -0.05) is 6.42 Å². The number of rotatable bonds is 3. The predicted molar refractivity (Wildman–Crippen MR) is 62.9 cm³/mol. The van der Waals surface area contributed by atoms with Gasteiger partial charge in [0.1, 0.15) is 0 Å². The molecule has 0 aromatic carbocycles. The van der Waals surface area contributed by atoms with Crippen LogP contribution < -0.4 is 0 Å². The van der Waals surface area contributed by atoms with Crippen molar-refractivity contribution in [3.8, 4) is 0 Å². The number of carbonyl (C=O) groups excluding carboxylic acids is 2. The first-order valence-electron chi connectivity index (χ1n) is 5.94. The van der Waals surface area contributed by atoms with E-state index in [4.69, 9.17) is 0 Å². The van der Waals surface area contributed by atoms with Crippen LogP contribution in [0.2, 0.25) is 0 Å². The van der Waals surface area contributed by atoms with Crippen molar-refractivity contribution in [3.63, 3.8) is 0 Å². The minimum atomic E-state index is 0.153. The third-order valence-electron chi connectivity index (χ3n) is 3.47. The topological polar surface area (TPSA) is 40.6 Å². The van der Waals surface area contributed by atoms with Gasteiger partial charge in [0, 0.05) is 33.1 Å². The molecule has 1 aliphatic rings. The smallest absolute Gasteiger partial charge is 0.225 e. The maximum Gasteiger partial charge on any atom is 0.225 e. The Balaban J connectivity index is 2.52. The monoisotopic (exact) mass is 226 g/mol. The van der Waals surface area contributed by atoms with Gasteiger partial charge in [0.2, 0.25) is 12.3 Å². The molecule has 4 heteroatoms. The molecule has 1 saturated carbocycles. The van der Waals surface area contributed by atoms with E-state index in [1.807, 2.05) is 21.1 Å². The third-order valence-corrected chi connectivity index (χ3v) is 3.47. The van der Waals surface area contributed by atoms with Crippen molar-refractivity contribution in [3.05, 3.63) is 0 Å². The molecule has 0 heterocycles. The molecule has 0 aliphatic heterocycles. The van der Waals surface area contributed by atoms with E-state index in [0.717, 1.165) is 38.5 Å². The van der Waals surface area contributed by atoms with Crippen LogP contribution in [0.3, 0.4) is 0 Å². The normalized spacial score (nSPS) is 25.7. The van der Waals surface area contributed by atoms with Gasteiger partial charge in [0.05, 0.1) is 0 Å². The van der Waals surface area contributed by atoms with Gasteiger partial charge in [-0.25, -0.2) is 0 Å². The highest BCUT2D eigenvalue weighted by molar-refractivity contribution is 5.78. The molecule has 16 heavy (non-hydrogen) atoms. The molecule has 0 N–H and O–H groups in total. The Hall–Kier alpha value is -1.06. The molecule has 0 spiro atoms. The lowest BCUT2D eigenvalue weighted by atomic mass is 9.99. The van der Waals surface area contributed by atoms with Crippen molar-refractivity contribution in [2.75, 3.05) is 21.1 Å². The summed E-state index contributed by atoms with van der Waals surface area (Å²) in [5.74, 6) is 0.384. The van der Waals surface area contributed by atoms with Crippen molar-refractivity contribution < 1.29 is 9.59 Å². The quantitative estimate of drug-likeness (QED) is 0.534. The molecule has 2 unspecified atom stereocenters. The molecular formula is C12H22N2O2. The standard InChI is InChI=1S/C12H22N2O2/c1-13(2)12(16)10-5-4-6-11(8-7-10)14(3)9-15/h9-11H,4-8H2,1-3H3. The van der Waals surface area contributed by atoms with E-state index >= 15 is 0 Å². The molecule has 1 rings (SSSR count). The lowest BCUT2D eigenvalue weighted by Crippen LogP contribution is -2.31. The zero-order valence-electron chi connectivity index (χ0n) is 10.5. The lowest BCUT2D eigenvalue weighted by Gasteiger charge is -2.23. The largest absolute Gasteiger partial charge is 0.349 e. The van der Waals surface area contributed by atoms with Crippen LogP contribution >= 0.6 is 0 Å². The van der Waals surface area contributed by atoms with Crippen LogP contribution in [0.5, 0.6) is 0 Å². The zero-order chi connectivity index (χ0) is 12.1. The zero-order valence-corrected chi connectivity index (χ0v) is 10.5. The second-order valence-corrected chi connectivity index (χ2v) is 4.86. The first-order chi connectivity index (χ1) is 7.56. The highest BCUT2D eigenvalue weighted by atomic mass is 16.2. The second kappa shape index (κ2) is 5.87. The Kier molecular flexibility index (Phi) is 4.77. The molecular weight excluding hydrogens is 204 g/mol. The van der Waals surface area contributed by atoms with Gasteiger partial charge in [-0.3, -0.25) is 9.59 Å². The molecule has 92 valence electrons. The Bertz CT molecular complexity index is 253. The van der Waals surface area contributed by atoms with E-state index in [2.05, 4.69) is 0 Å². The summed E-state index contributed by atoms with van der Waals surface area (Å²) in [6, 6.07) is 0.317. The molecule has 0 radical (unpaired) electrons. The summed E-state index contributed by atoms with van der Waals surface area (Å²) in [6.45, 7) is 0. The molecule has 1 aliphatic carbocycles. The van der Waals surface area contributed by atoms with Gasteiger partial charge in [-0.15, -0.1) is 0 Å². The van der Waals surface area contributed by atoms with Gasteiger partial charge in [0.25, 0.3) is 0 Å². The van der Waals surface area contributed by atoms with Crippen molar-refractivity contribution >= 4 is 12.3 Å². The van der Waals surface area contributed by atoms with Crippen LogP contribution in [0.4, 0.5) is 0 Å². The molecule has 1 fully saturated rings. The molecule has 2 amide bonds. The number of hydrogen-bond donors (Lipinski definition) is 0. The van der Waals surface area contributed by atoms with Gasteiger partial charge in [0.15, 0.2) is 0 Å². The second-order valence-electron chi connectivity index (χ2n) is 4.86. The summed E-state index contributed by atoms with van der Waals surface area (Å²) in [5, 5.41) is 0. The summed E-state index contributed by atoms with van der Waals surface area (Å²) in [5.41, 5.74) is 0. The third kappa shape index (κ3) is 3.22. The molecule has 0 aromatic rings. The van der Waals surface area contributed by atoms with Crippen LogP contribution in [0.25, 0.3) is 0 Å². The molecule has 0 aromatic heterocycles. The summed E-state index contributed by atoms with van der Waals surface area (Å²) < 4.78 is 0. The number of amides is 2. The number of carbonyl (C=O) groups is 2. The van der Waals surface area contributed by atoms with Crippen molar-refractivity contribution in [1.82, 2.24) is 9.80 Å². The van der Waals surface area contributed by atoms with E-state index in [9.17, 15) is 9.59 Å². The van der Waals surface area contributed by atoms with Crippen LogP contribution in [-0.4, -0.2) is 49.3 Å². The first kappa shape index (κ1) is 13.0. The summed E-state index contributed by atoms with van der Waals surface area (Å²) >= 11 is 0. The average molecular weight is 226 g/mol. The maximum atomic E-state index is 11.8. The fourth-order valence-corrected chi connectivity index (χ4v) is 2.39. The first-order valence-corrected chi connectivity index (χ1v) is 5.94. The van der Waals surface area contributed by atoms with Gasteiger partial charge >= 0.3 is 0 Å². The summed E-state index contributed by atoms with van der Waals surface area (Å²) in [6.07, 6.45) is 5.75. The van der Waals surface area contributed by atoms with E-state index < -0.39 is 0 Å². The van der Waals surface area contributed by atoms with Crippen LogP contribution in [-0.2, 0) is 9.59 Å². The lowest BCUT2D eigenvalue weighted by molar-refractivity contribution is -0.133. The predicted octanol–water partition coefficient (Wildman–Crippen LogP) is 1.11. The summed E-state index contributed by atoms with van der Waals surface area (Å²) in [7, 11) is 5.44. The van der Waals surface area contributed by atoms with Gasteiger partial charge in [-0.2, -0.15) is 0 Å². The van der Waals surface area contributed by atoms with Crippen molar-refractivity contribution in [1.29, 1.82) is 0 Å². The van der Waals surface area contributed by atoms with Gasteiger partial charge in [-0.05, 0) is 25.7 Å². The highest BCUT2D eigenvalue weighted by Crippen LogP contribution is 2.26. The molecule has 2 atom stereocenters. The van der Waals surface area contributed by atoms with E-state index in [1.165, 1.54) is 0 Å². The maximum absolute atomic E-state index is 11.8. The van der Waals surface area contributed by atoms with Crippen LogP contribution in [0, 0.1) is 5.92 Å². The van der Waals surface area contributed by atoms with Crippen LogP contribution in [0.1, 0.15) is 32.1 Å². The minimum absolute atomic E-state index is 0.153. The Morgan fingerprint density at radius 2 is 1.81 bits per heavy atom. The fraction of sp³-hybridized carbons (Fsp3) is 0.833. The fourth-order valence-electron chi connectivity index (χ4n) is 2.39. The van der Waals surface area contributed by atoms with E-state index in [-0.39, 0.29) is 11.8 Å². The average Bonchev–Trinajstić information content (AvgIpc) is 2.52.